The predicted molar refractivity (Wildman–Crippen MR) is 186 cm³/mol. The number of carbonyl (C=O) groups is 5. The Labute approximate surface area is 367 Å². The molecule has 56 heavy (non-hydrogen) atoms. The van der Waals surface area contributed by atoms with Crippen LogP contribution < -0.4 is 90.0 Å². The van der Waals surface area contributed by atoms with Crippen LogP contribution in [-0.4, -0.2) is 108 Å². The first-order chi connectivity index (χ1) is 25.8. The molecular formula is C38H43N3Na2O13. The van der Waals surface area contributed by atoms with Crippen LogP contribution >= 0.6 is 0 Å². The number of methoxy groups -OCH3 is 1. The molecule has 1 fully saturated rings. The minimum Gasteiger partial charge on any atom is -0.550 e. The van der Waals surface area contributed by atoms with Gasteiger partial charge in [-0.15, -0.1) is 0 Å². The van der Waals surface area contributed by atoms with Gasteiger partial charge in [-0.05, 0) is 60.7 Å². The molecule has 0 radical (unpaired) electrons. The Bertz CT molecular complexity index is 1770. The van der Waals surface area contributed by atoms with E-state index in [0.717, 1.165) is 18.1 Å². The van der Waals surface area contributed by atoms with E-state index in [1.54, 1.807) is 30.3 Å². The number of carboxylic acid groups (broad SMARTS) is 2. The third-order valence-electron chi connectivity index (χ3n) is 8.86. The van der Waals surface area contributed by atoms with E-state index in [9.17, 15) is 49.5 Å². The molecule has 1 aliphatic rings. The van der Waals surface area contributed by atoms with Crippen LogP contribution in [0.15, 0.2) is 78.9 Å². The second-order valence-electron chi connectivity index (χ2n) is 12.7. The van der Waals surface area contributed by atoms with Gasteiger partial charge in [0.05, 0.1) is 31.9 Å². The number of hydrogen-bond acceptors (Lipinski definition) is 13. The Morgan fingerprint density at radius 1 is 0.821 bits per heavy atom. The first kappa shape index (κ1) is 48.8. The zero-order chi connectivity index (χ0) is 39.4. The Morgan fingerprint density at radius 2 is 1.48 bits per heavy atom. The number of aliphatic carboxylic acids is 2. The summed E-state index contributed by atoms with van der Waals surface area (Å²) < 4.78 is 16.5. The molecule has 0 saturated carbocycles. The van der Waals surface area contributed by atoms with Crippen LogP contribution in [0.1, 0.15) is 53.3 Å². The van der Waals surface area contributed by atoms with Crippen LogP contribution in [0.2, 0.25) is 0 Å². The van der Waals surface area contributed by atoms with Gasteiger partial charge < -0.3 is 65.3 Å². The minimum atomic E-state index is -3.09. The summed E-state index contributed by atoms with van der Waals surface area (Å²) in [5.74, 6) is -8.41. The number of carboxylic acids is 2. The number of aliphatic hydroxyl groups is 3. The average molecular weight is 796 g/mol. The quantitative estimate of drug-likeness (QED) is 0.0518. The first-order valence-electron chi connectivity index (χ1n) is 17.2. The summed E-state index contributed by atoms with van der Waals surface area (Å²) in [4.78, 5) is 62.6. The Balaban J connectivity index is 0.00000541. The number of aliphatic hydroxyl groups excluding tert-OH is 3. The normalized spacial score (nSPS) is 21.2. The van der Waals surface area contributed by atoms with Crippen molar-refractivity contribution in [3.05, 3.63) is 90.0 Å². The van der Waals surface area contributed by atoms with Crippen molar-refractivity contribution in [3.8, 4) is 16.9 Å². The molecule has 1 saturated heterocycles. The molecule has 1 heterocycles. The summed E-state index contributed by atoms with van der Waals surface area (Å²) in [5.41, 5.74) is 2.03. The van der Waals surface area contributed by atoms with E-state index in [4.69, 9.17) is 14.2 Å². The van der Waals surface area contributed by atoms with Crippen molar-refractivity contribution in [2.24, 2.45) is 0 Å². The maximum Gasteiger partial charge on any atom is 1.00 e. The monoisotopic (exact) mass is 795 g/mol. The smallest absolute Gasteiger partial charge is 0.550 e. The van der Waals surface area contributed by atoms with Crippen molar-refractivity contribution >= 4 is 29.7 Å². The zero-order valence-electron chi connectivity index (χ0n) is 31.6. The number of benzene rings is 3. The van der Waals surface area contributed by atoms with Gasteiger partial charge in [0.15, 0.2) is 0 Å². The summed E-state index contributed by atoms with van der Waals surface area (Å²) >= 11 is 0. The van der Waals surface area contributed by atoms with E-state index >= 15 is 0 Å². The van der Waals surface area contributed by atoms with Crippen molar-refractivity contribution in [2.75, 3.05) is 20.3 Å². The SMILES string of the molecule is COc1cccc(C(=O)N[C@@H]2[C@@H](NC(C)=O)[C@H]([C@H](O)[C@H](O)CNC(=O)c3ccc(-c4ccccc4)cc3)O[C@@](OCCCCCC(=O)[O-])(C(=O)[O-])[C@H]2O)c1.[Na+].[Na+]. The number of amides is 3. The maximum absolute atomic E-state index is 13.5. The molecule has 4 rings (SSSR count). The predicted octanol–water partition coefficient (Wildman–Crippen LogP) is -7.34. The van der Waals surface area contributed by atoms with Gasteiger partial charge in [-0.25, -0.2) is 0 Å². The van der Waals surface area contributed by atoms with Crippen molar-refractivity contribution in [1.29, 1.82) is 0 Å². The van der Waals surface area contributed by atoms with E-state index in [0.29, 0.717) is 5.75 Å². The molecule has 0 aromatic heterocycles. The van der Waals surface area contributed by atoms with Crippen molar-refractivity contribution < 1.29 is 123 Å². The summed E-state index contributed by atoms with van der Waals surface area (Å²) in [5, 5.41) is 65.2. The third kappa shape index (κ3) is 12.8. The molecular weight excluding hydrogens is 752 g/mol. The van der Waals surface area contributed by atoms with Gasteiger partial charge in [0, 0.05) is 30.6 Å². The Hall–Kier alpha value is -3.39. The largest absolute Gasteiger partial charge is 1.00 e. The molecule has 1 aliphatic heterocycles. The van der Waals surface area contributed by atoms with E-state index < -0.39 is 85.1 Å². The van der Waals surface area contributed by atoms with E-state index in [2.05, 4.69) is 16.0 Å². The molecule has 0 bridgehead atoms. The van der Waals surface area contributed by atoms with Gasteiger partial charge >= 0.3 is 59.1 Å². The zero-order valence-corrected chi connectivity index (χ0v) is 35.6. The van der Waals surface area contributed by atoms with Crippen LogP contribution in [0.5, 0.6) is 5.75 Å². The van der Waals surface area contributed by atoms with Crippen molar-refractivity contribution in [2.45, 2.75) is 74.9 Å². The van der Waals surface area contributed by atoms with Gasteiger partial charge in [0.1, 0.15) is 30.0 Å². The second-order valence-corrected chi connectivity index (χ2v) is 12.7. The number of hydrogen-bond donors (Lipinski definition) is 6. The molecule has 0 unspecified atom stereocenters. The molecule has 18 heteroatoms. The molecule has 0 aliphatic carbocycles. The number of carbonyl (C=O) groups excluding carboxylic acids is 5. The summed E-state index contributed by atoms with van der Waals surface area (Å²) in [6.45, 7) is 0.0677. The van der Waals surface area contributed by atoms with E-state index in [-0.39, 0.29) is 95.9 Å². The Kier molecular flexibility index (Phi) is 20.1. The van der Waals surface area contributed by atoms with Gasteiger partial charge in [-0.1, -0.05) is 55.0 Å². The molecule has 290 valence electrons. The molecule has 6 N–H and O–H groups in total. The molecule has 16 nitrogen and oxygen atoms in total. The van der Waals surface area contributed by atoms with Crippen LogP contribution in [0, 0.1) is 0 Å². The van der Waals surface area contributed by atoms with Crippen molar-refractivity contribution in [3.63, 3.8) is 0 Å². The van der Waals surface area contributed by atoms with E-state index in [1.165, 1.54) is 25.3 Å². The molecule has 3 amide bonds. The molecule has 0 spiro atoms. The topological polar surface area (TPSA) is 256 Å². The van der Waals surface area contributed by atoms with Crippen molar-refractivity contribution in [1.82, 2.24) is 16.0 Å². The van der Waals surface area contributed by atoms with Crippen LogP contribution in [-0.2, 0) is 23.9 Å². The van der Waals surface area contributed by atoms with Gasteiger partial charge in [-0.2, -0.15) is 0 Å². The number of ether oxygens (including phenoxy) is 3. The van der Waals surface area contributed by atoms with Gasteiger partial charge in [-0.3, -0.25) is 14.4 Å². The fourth-order valence-electron chi connectivity index (χ4n) is 6.04. The molecule has 3 aromatic carbocycles. The first-order valence-corrected chi connectivity index (χ1v) is 17.2. The van der Waals surface area contributed by atoms with Crippen LogP contribution in [0.25, 0.3) is 11.1 Å². The Morgan fingerprint density at radius 3 is 2.09 bits per heavy atom. The van der Waals surface area contributed by atoms with Crippen LogP contribution in [0.4, 0.5) is 0 Å². The molecule has 3 aromatic rings. The van der Waals surface area contributed by atoms with Gasteiger partial charge in [0.2, 0.25) is 11.7 Å². The number of unbranched alkanes of at least 4 members (excludes halogenated alkanes) is 2. The standard InChI is InChI=1S/C38H45N3O13.2Na/c1-22(42)40-30-31(41-36(49)26-12-9-13-27(20-26)52-2)34(47)38(37(50)51,53-19-8-4-7-14-29(44)45)54-33(30)32(46)28(43)21-39-35(48)25-17-15-24(16-18-25)23-10-5-3-6-11-23;;/h3,5-6,9-13,15-18,20,28,30-34,43,46-47H,4,7-8,14,19,21H2,1-2H3,(H,39,48)(H,40,42)(H,41,49)(H,44,45)(H,50,51);;/q;2*+1/p-2/t28-,30-,31-,32-,33-,34+,38-;;/m1../s1. The number of nitrogens with one attached hydrogen (secondary N) is 3. The summed E-state index contributed by atoms with van der Waals surface area (Å²) in [6, 6.07) is 18.5. The number of rotatable bonds is 18. The fourth-order valence-corrected chi connectivity index (χ4v) is 6.04. The fraction of sp³-hybridized carbons (Fsp3) is 0.395. The third-order valence-corrected chi connectivity index (χ3v) is 8.86. The summed E-state index contributed by atoms with van der Waals surface area (Å²) in [7, 11) is 1.37. The van der Waals surface area contributed by atoms with Crippen LogP contribution in [0.3, 0.4) is 0 Å². The maximum atomic E-state index is 13.5. The summed E-state index contributed by atoms with van der Waals surface area (Å²) in [6.07, 6.45) is -7.92. The average Bonchev–Trinajstić information content (AvgIpc) is 3.16. The second kappa shape index (κ2) is 23.1. The van der Waals surface area contributed by atoms with E-state index in [1.807, 2.05) is 30.3 Å². The van der Waals surface area contributed by atoms with Gasteiger partial charge in [0.25, 0.3) is 11.8 Å². The molecule has 7 atom stereocenters. The minimum absolute atomic E-state index is 0.